The Hall–Kier alpha value is -2.82. The second-order valence-electron chi connectivity index (χ2n) is 6.40. The number of hydrogen-bond donors (Lipinski definition) is 2. The largest absolute Gasteiger partial charge is 0.494 e. The van der Waals surface area contributed by atoms with Gasteiger partial charge in [0.15, 0.2) is 0 Å². The van der Waals surface area contributed by atoms with E-state index in [1.165, 1.54) is 0 Å². The first-order chi connectivity index (χ1) is 12.5. The van der Waals surface area contributed by atoms with Crippen molar-refractivity contribution in [3.8, 4) is 5.75 Å². The zero-order valence-electron chi connectivity index (χ0n) is 15.5. The van der Waals surface area contributed by atoms with E-state index in [-0.39, 0.29) is 17.7 Å². The average Bonchev–Trinajstić information content (AvgIpc) is 2.65. The molecule has 0 aliphatic carbocycles. The van der Waals surface area contributed by atoms with Gasteiger partial charge in [0.1, 0.15) is 5.75 Å². The Kier molecular flexibility index (Phi) is 7.21. The van der Waals surface area contributed by atoms with E-state index in [9.17, 15) is 9.59 Å². The number of ether oxygens (including phenoxy) is 1. The van der Waals surface area contributed by atoms with Gasteiger partial charge in [-0.15, -0.1) is 0 Å². The number of carbonyl (C=O) groups excluding carboxylic acids is 2. The van der Waals surface area contributed by atoms with Gasteiger partial charge in [-0.25, -0.2) is 0 Å². The fourth-order valence-electron chi connectivity index (χ4n) is 2.22. The molecule has 138 valence electrons. The Bertz CT molecular complexity index is 739. The van der Waals surface area contributed by atoms with Crippen molar-refractivity contribution in [1.82, 2.24) is 5.32 Å². The van der Waals surface area contributed by atoms with Crippen molar-refractivity contribution < 1.29 is 14.3 Å². The van der Waals surface area contributed by atoms with Crippen LogP contribution in [0.4, 0.5) is 5.69 Å². The van der Waals surface area contributed by atoms with Crippen molar-refractivity contribution in [2.24, 2.45) is 5.92 Å². The van der Waals surface area contributed by atoms with E-state index in [0.717, 1.165) is 17.7 Å². The summed E-state index contributed by atoms with van der Waals surface area (Å²) in [6.45, 7) is 6.78. The molecule has 0 radical (unpaired) electrons. The maximum absolute atomic E-state index is 12.3. The number of hydrogen-bond acceptors (Lipinski definition) is 3. The van der Waals surface area contributed by atoms with Crippen LogP contribution >= 0.6 is 0 Å². The van der Waals surface area contributed by atoms with Crippen molar-refractivity contribution in [3.63, 3.8) is 0 Å². The summed E-state index contributed by atoms with van der Waals surface area (Å²) in [7, 11) is 0. The minimum absolute atomic E-state index is 0.0174. The van der Waals surface area contributed by atoms with Crippen molar-refractivity contribution in [2.45, 2.75) is 33.7 Å². The first-order valence-corrected chi connectivity index (χ1v) is 8.90. The van der Waals surface area contributed by atoms with E-state index in [0.29, 0.717) is 24.5 Å². The van der Waals surface area contributed by atoms with Crippen LogP contribution in [-0.2, 0) is 11.3 Å². The average molecular weight is 354 g/mol. The molecule has 0 aliphatic rings. The fraction of sp³-hybridized carbons (Fsp3) is 0.333. The highest BCUT2D eigenvalue weighted by Crippen LogP contribution is 2.14. The molecule has 2 amide bonds. The van der Waals surface area contributed by atoms with Gasteiger partial charge in [-0.1, -0.05) is 39.0 Å². The molecule has 26 heavy (non-hydrogen) atoms. The Morgan fingerprint density at radius 3 is 2.46 bits per heavy atom. The Morgan fingerprint density at radius 1 is 1.08 bits per heavy atom. The number of amides is 2. The molecule has 0 atom stereocenters. The highest BCUT2D eigenvalue weighted by molar-refractivity contribution is 5.94. The third-order valence-electron chi connectivity index (χ3n) is 3.77. The lowest BCUT2D eigenvalue weighted by molar-refractivity contribution is -0.118. The summed E-state index contributed by atoms with van der Waals surface area (Å²) in [6.07, 6.45) is 0.921. The number of nitrogens with one attached hydrogen (secondary N) is 2. The topological polar surface area (TPSA) is 67.4 Å². The van der Waals surface area contributed by atoms with Gasteiger partial charge in [0.05, 0.1) is 6.61 Å². The summed E-state index contributed by atoms with van der Waals surface area (Å²) < 4.78 is 5.56. The van der Waals surface area contributed by atoms with E-state index in [1.807, 2.05) is 57.2 Å². The molecule has 0 bridgehead atoms. The number of carbonyl (C=O) groups is 2. The predicted molar refractivity (Wildman–Crippen MR) is 103 cm³/mol. The maximum atomic E-state index is 12.3. The number of rotatable bonds is 8. The molecule has 2 aromatic carbocycles. The SMILES string of the molecule is CCCOc1cccc(C(=O)NCc2ccc(NC(=O)C(C)C)cc2)c1. The first-order valence-electron chi connectivity index (χ1n) is 8.90. The van der Waals surface area contributed by atoms with Gasteiger partial charge in [0.2, 0.25) is 5.91 Å². The minimum Gasteiger partial charge on any atom is -0.494 e. The third kappa shape index (κ3) is 5.92. The van der Waals surface area contributed by atoms with Crippen LogP contribution in [0, 0.1) is 5.92 Å². The quantitative estimate of drug-likeness (QED) is 0.753. The molecule has 0 saturated heterocycles. The van der Waals surface area contributed by atoms with Gasteiger partial charge >= 0.3 is 0 Å². The van der Waals surface area contributed by atoms with Crippen molar-refractivity contribution in [1.29, 1.82) is 0 Å². The van der Waals surface area contributed by atoms with E-state index < -0.39 is 0 Å². The van der Waals surface area contributed by atoms with Crippen LogP contribution in [0.2, 0.25) is 0 Å². The van der Waals surface area contributed by atoms with E-state index in [2.05, 4.69) is 10.6 Å². The first kappa shape index (κ1) is 19.5. The summed E-state index contributed by atoms with van der Waals surface area (Å²) in [5.41, 5.74) is 2.28. The smallest absolute Gasteiger partial charge is 0.251 e. The van der Waals surface area contributed by atoms with Crippen LogP contribution in [-0.4, -0.2) is 18.4 Å². The van der Waals surface area contributed by atoms with Gasteiger partial charge in [0, 0.05) is 23.7 Å². The summed E-state index contributed by atoms with van der Waals surface area (Å²) >= 11 is 0. The summed E-state index contributed by atoms with van der Waals surface area (Å²) in [5.74, 6) is 0.469. The van der Waals surface area contributed by atoms with Crippen molar-refractivity contribution in [3.05, 3.63) is 59.7 Å². The molecular weight excluding hydrogens is 328 g/mol. The van der Waals surface area contributed by atoms with Gasteiger partial charge in [-0.05, 0) is 42.3 Å². The van der Waals surface area contributed by atoms with Crippen LogP contribution in [0.3, 0.4) is 0 Å². The molecule has 5 heteroatoms. The highest BCUT2D eigenvalue weighted by atomic mass is 16.5. The lowest BCUT2D eigenvalue weighted by atomic mass is 10.1. The molecule has 0 saturated carbocycles. The molecule has 0 heterocycles. The molecule has 2 N–H and O–H groups in total. The third-order valence-corrected chi connectivity index (χ3v) is 3.77. The molecule has 0 fully saturated rings. The Labute approximate surface area is 154 Å². The normalized spacial score (nSPS) is 10.5. The summed E-state index contributed by atoms with van der Waals surface area (Å²) in [5, 5.41) is 5.74. The zero-order chi connectivity index (χ0) is 18.9. The van der Waals surface area contributed by atoms with Crippen LogP contribution in [0.1, 0.15) is 43.1 Å². The maximum Gasteiger partial charge on any atom is 0.251 e. The van der Waals surface area contributed by atoms with Crippen molar-refractivity contribution >= 4 is 17.5 Å². The molecule has 2 rings (SSSR count). The molecule has 0 aliphatic heterocycles. The van der Waals surface area contributed by atoms with Crippen LogP contribution < -0.4 is 15.4 Å². The van der Waals surface area contributed by atoms with Gasteiger partial charge in [-0.2, -0.15) is 0 Å². The molecule has 2 aromatic rings. The molecule has 5 nitrogen and oxygen atoms in total. The van der Waals surface area contributed by atoms with E-state index in [1.54, 1.807) is 12.1 Å². The number of anilines is 1. The van der Waals surface area contributed by atoms with Crippen LogP contribution in [0.15, 0.2) is 48.5 Å². The standard InChI is InChI=1S/C21H26N2O3/c1-4-12-26-19-7-5-6-17(13-19)21(25)22-14-16-8-10-18(11-9-16)23-20(24)15(2)3/h5-11,13,15H,4,12,14H2,1-3H3,(H,22,25)(H,23,24). The van der Waals surface area contributed by atoms with Crippen LogP contribution in [0.5, 0.6) is 5.75 Å². The second kappa shape index (κ2) is 9.61. The van der Waals surface area contributed by atoms with Crippen LogP contribution in [0.25, 0.3) is 0 Å². The summed E-state index contributed by atoms with van der Waals surface area (Å²) in [4.78, 5) is 24.0. The highest BCUT2D eigenvalue weighted by Gasteiger charge is 2.08. The second-order valence-corrected chi connectivity index (χ2v) is 6.40. The van der Waals surface area contributed by atoms with Gasteiger partial charge in [0.25, 0.3) is 5.91 Å². The summed E-state index contributed by atoms with van der Waals surface area (Å²) in [6, 6.07) is 14.6. The van der Waals surface area contributed by atoms with Gasteiger partial charge in [-0.3, -0.25) is 9.59 Å². The lowest BCUT2D eigenvalue weighted by Gasteiger charge is -2.10. The molecule has 0 aromatic heterocycles. The van der Waals surface area contributed by atoms with E-state index in [4.69, 9.17) is 4.74 Å². The molecule has 0 spiro atoms. The van der Waals surface area contributed by atoms with Gasteiger partial charge < -0.3 is 15.4 Å². The molecule has 0 unspecified atom stereocenters. The lowest BCUT2D eigenvalue weighted by Crippen LogP contribution is -2.22. The van der Waals surface area contributed by atoms with E-state index >= 15 is 0 Å². The van der Waals surface area contributed by atoms with Crippen molar-refractivity contribution in [2.75, 3.05) is 11.9 Å². The predicted octanol–water partition coefficient (Wildman–Crippen LogP) is 4.00. The molecular formula is C21H26N2O3. The minimum atomic E-state index is -0.149. The fourth-order valence-corrected chi connectivity index (χ4v) is 2.22. The Morgan fingerprint density at radius 2 is 1.81 bits per heavy atom. The Balaban J connectivity index is 1.90. The monoisotopic (exact) mass is 354 g/mol. The number of benzene rings is 2. The zero-order valence-corrected chi connectivity index (χ0v) is 15.5.